The predicted octanol–water partition coefficient (Wildman–Crippen LogP) is 3.86. The van der Waals surface area contributed by atoms with Gasteiger partial charge in [0.2, 0.25) is 0 Å². The number of hydrogen-bond acceptors (Lipinski definition) is 2. The second-order valence-electron chi connectivity index (χ2n) is 5.78. The lowest BCUT2D eigenvalue weighted by Gasteiger charge is -2.35. The SMILES string of the molecule is CCN(Cc1ccccc1)CC1Cc2ccc(OC)cc21. The van der Waals surface area contributed by atoms with Crippen molar-refractivity contribution in [3.63, 3.8) is 0 Å². The Morgan fingerprint density at radius 2 is 1.95 bits per heavy atom. The smallest absolute Gasteiger partial charge is 0.119 e. The fraction of sp³-hybridized carbons (Fsp3) is 0.368. The molecule has 0 N–H and O–H groups in total. The van der Waals surface area contributed by atoms with E-state index in [4.69, 9.17) is 4.74 Å². The zero-order valence-electron chi connectivity index (χ0n) is 12.9. The summed E-state index contributed by atoms with van der Waals surface area (Å²) in [5.41, 5.74) is 4.35. The molecule has 0 radical (unpaired) electrons. The number of benzene rings is 2. The van der Waals surface area contributed by atoms with Crippen molar-refractivity contribution < 1.29 is 4.74 Å². The standard InChI is InChI=1S/C19H23NO/c1-3-20(13-15-7-5-4-6-8-15)14-17-11-16-9-10-18(21-2)12-19(16)17/h4-10,12,17H,3,11,13-14H2,1-2H3. The topological polar surface area (TPSA) is 12.5 Å². The summed E-state index contributed by atoms with van der Waals surface area (Å²) < 4.78 is 5.35. The van der Waals surface area contributed by atoms with Gasteiger partial charge in [0.15, 0.2) is 0 Å². The second-order valence-corrected chi connectivity index (χ2v) is 5.78. The minimum atomic E-state index is 0.652. The van der Waals surface area contributed by atoms with Crippen LogP contribution in [0, 0.1) is 0 Å². The molecule has 2 aromatic rings. The molecule has 0 amide bonds. The number of hydrogen-bond donors (Lipinski definition) is 0. The van der Waals surface area contributed by atoms with Crippen molar-refractivity contribution in [1.29, 1.82) is 0 Å². The van der Waals surface area contributed by atoms with Crippen molar-refractivity contribution in [3.05, 3.63) is 65.2 Å². The van der Waals surface area contributed by atoms with E-state index in [-0.39, 0.29) is 0 Å². The van der Waals surface area contributed by atoms with Crippen LogP contribution in [0.25, 0.3) is 0 Å². The van der Waals surface area contributed by atoms with Crippen molar-refractivity contribution in [2.24, 2.45) is 0 Å². The Bertz CT molecular complexity index is 594. The van der Waals surface area contributed by atoms with Gasteiger partial charge in [-0.25, -0.2) is 0 Å². The molecule has 1 unspecified atom stereocenters. The van der Waals surface area contributed by atoms with Gasteiger partial charge in [0, 0.05) is 19.0 Å². The number of fused-ring (bicyclic) bond motifs is 1. The van der Waals surface area contributed by atoms with Crippen molar-refractivity contribution in [1.82, 2.24) is 4.90 Å². The van der Waals surface area contributed by atoms with E-state index >= 15 is 0 Å². The van der Waals surface area contributed by atoms with Gasteiger partial charge < -0.3 is 4.74 Å². The number of likely N-dealkylation sites (N-methyl/N-ethyl adjacent to an activating group) is 1. The maximum Gasteiger partial charge on any atom is 0.119 e. The van der Waals surface area contributed by atoms with E-state index in [1.165, 1.54) is 23.1 Å². The van der Waals surface area contributed by atoms with Crippen molar-refractivity contribution in [2.75, 3.05) is 20.2 Å². The molecule has 0 bridgehead atoms. The minimum absolute atomic E-state index is 0.652. The van der Waals surface area contributed by atoms with Gasteiger partial charge in [-0.3, -0.25) is 4.90 Å². The average Bonchev–Trinajstić information content (AvgIpc) is 2.52. The Morgan fingerprint density at radius 3 is 2.67 bits per heavy atom. The van der Waals surface area contributed by atoms with Gasteiger partial charge >= 0.3 is 0 Å². The van der Waals surface area contributed by atoms with E-state index in [2.05, 4.69) is 60.4 Å². The van der Waals surface area contributed by atoms with E-state index in [0.29, 0.717) is 5.92 Å². The third kappa shape index (κ3) is 3.11. The molecule has 110 valence electrons. The highest BCUT2D eigenvalue weighted by Gasteiger charge is 2.27. The van der Waals surface area contributed by atoms with E-state index in [0.717, 1.165) is 25.4 Å². The van der Waals surface area contributed by atoms with Crippen LogP contribution in [0.1, 0.15) is 29.5 Å². The van der Waals surface area contributed by atoms with Crippen LogP contribution in [-0.4, -0.2) is 25.1 Å². The summed E-state index contributed by atoms with van der Waals surface area (Å²) in [7, 11) is 1.74. The molecule has 2 aromatic carbocycles. The third-order valence-electron chi connectivity index (χ3n) is 4.43. The molecular weight excluding hydrogens is 258 g/mol. The Kier molecular flexibility index (Phi) is 4.26. The summed E-state index contributed by atoms with van der Waals surface area (Å²) in [5, 5.41) is 0. The average molecular weight is 281 g/mol. The maximum absolute atomic E-state index is 5.35. The first-order chi connectivity index (χ1) is 10.3. The third-order valence-corrected chi connectivity index (χ3v) is 4.43. The highest BCUT2D eigenvalue weighted by atomic mass is 16.5. The normalized spacial score (nSPS) is 16.4. The summed E-state index contributed by atoms with van der Waals surface area (Å²) in [6, 6.07) is 17.2. The number of nitrogens with zero attached hydrogens (tertiary/aromatic N) is 1. The highest BCUT2D eigenvalue weighted by molar-refractivity contribution is 5.45. The number of methoxy groups -OCH3 is 1. The van der Waals surface area contributed by atoms with Gasteiger partial charge in [0.05, 0.1) is 7.11 Å². The first kappa shape index (κ1) is 14.2. The van der Waals surface area contributed by atoms with Crippen LogP contribution in [0.5, 0.6) is 5.75 Å². The van der Waals surface area contributed by atoms with Crippen molar-refractivity contribution >= 4 is 0 Å². The van der Waals surface area contributed by atoms with Gasteiger partial charge in [-0.2, -0.15) is 0 Å². The van der Waals surface area contributed by atoms with E-state index in [1.54, 1.807) is 7.11 Å². The molecule has 0 heterocycles. The Morgan fingerprint density at radius 1 is 1.14 bits per heavy atom. The summed E-state index contributed by atoms with van der Waals surface area (Å²) in [4.78, 5) is 2.53. The molecule has 1 aliphatic carbocycles. The van der Waals surface area contributed by atoms with Gasteiger partial charge in [-0.05, 0) is 41.8 Å². The zero-order chi connectivity index (χ0) is 14.7. The van der Waals surface area contributed by atoms with E-state index < -0.39 is 0 Å². The van der Waals surface area contributed by atoms with Gasteiger partial charge in [0.25, 0.3) is 0 Å². The van der Waals surface area contributed by atoms with Crippen molar-refractivity contribution in [2.45, 2.75) is 25.8 Å². The molecule has 2 heteroatoms. The molecule has 0 aromatic heterocycles. The Hall–Kier alpha value is -1.80. The molecule has 2 nitrogen and oxygen atoms in total. The summed E-state index contributed by atoms with van der Waals surface area (Å²) in [6.07, 6.45) is 1.20. The van der Waals surface area contributed by atoms with E-state index in [9.17, 15) is 0 Å². The molecule has 0 aliphatic heterocycles. The van der Waals surface area contributed by atoms with Gasteiger partial charge in [-0.15, -0.1) is 0 Å². The van der Waals surface area contributed by atoms with Crippen LogP contribution in [0.15, 0.2) is 48.5 Å². The highest BCUT2D eigenvalue weighted by Crippen LogP contribution is 2.38. The lowest BCUT2D eigenvalue weighted by atomic mass is 9.77. The lowest BCUT2D eigenvalue weighted by Crippen LogP contribution is -2.33. The summed E-state index contributed by atoms with van der Waals surface area (Å²) in [6.45, 7) is 5.50. The van der Waals surface area contributed by atoms with Crippen LogP contribution in [0.3, 0.4) is 0 Å². The van der Waals surface area contributed by atoms with Crippen LogP contribution >= 0.6 is 0 Å². The second kappa shape index (κ2) is 6.31. The zero-order valence-corrected chi connectivity index (χ0v) is 12.9. The summed E-state index contributed by atoms with van der Waals surface area (Å²) in [5.74, 6) is 1.63. The largest absolute Gasteiger partial charge is 0.497 e. The molecule has 3 rings (SSSR count). The molecule has 1 aliphatic rings. The van der Waals surface area contributed by atoms with Crippen LogP contribution < -0.4 is 4.74 Å². The Balaban J connectivity index is 1.65. The van der Waals surface area contributed by atoms with Crippen LogP contribution in [0.4, 0.5) is 0 Å². The van der Waals surface area contributed by atoms with Crippen LogP contribution in [-0.2, 0) is 13.0 Å². The monoisotopic (exact) mass is 281 g/mol. The minimum Gasteiger partial charge on any atom is -0.497 e. The molecule has 0 spiro atoms. The first-order valence-electron chi connectivity index (χ1n) is 7.73. The molecule has 21 heavy (non-hydrogen) atoms. The van der Waals surface area contributed by atoms with E-state index in [1.807, 2.05) is 0 Å². The molecule has 0 saturated heterocycles. The fourth-order valence-electron chi connectivity index (χ4n) is 3.13. The maximum atomic E-state index is 5.35. The van der Waals surface area contributed by atoms with Gasteiger partial charge in [-0.1, -0.05) is 43.3 Å². The fourth-order valence-corrected chi connectivity index (χ4v) is 3.13. The predicted molar refractivity (Wildman–Crippen MR) is 86.8 cm³/mol. The molecular formula is C19H23NO. The van der Waals surface area contributed by atoms with Crippen LogP contribution in [0.2, 0.25) is 0 Å². The van der Waals surface area contributed by atoms with Crippen molar-refractivity contribution in [3.8, 4) is 5.75 Å². The number of ether oxygens (including phenoxy) is 1. The molecule has 1 atom stereocenters. The lowest BCUT2D eigenvalue weighted by molar-refractivity contribution is 0.251. The molecule has 0 fully saturated rings. The Labute approximate surface area is 127 Å². The number of rotatable bonds is 6. The first-order valence-corrected chi connectivity index (χ1v) is 7.73. The molecule has 0 saturated carbocycles. The van der Waals surface area contributed by atoms with Gasteiger partial charge in [0.1, 0.15) is 5.75 Å². The quantitative estimate of drug-likeness (QED) is 0.797. The summed E-state index contributed by atoms with van der Waals surface area (Å²) >= 11 is 0.